The van der Waals surface area contributed by atoms with Gasteiger partial charge in [-0.2, -0.15) is 13.2 Å². The van der Waals surface area contributed by atoms with E-state index in [-0.39, 0.29) is 17.8 Å². The van der Waals surface area contributed by atoms with Crippen molar-refractivity contribution in [2.75, 3.05) is 6.61 Å². The summed E-state index contributed by atoms with van der Waals surface area (Å²) in [6, 6.07) is 12.3. The molecule has 0 amide bonds. The van der Waals surface area contributed by atoms with E-state index in [4.69, 9.17) is 4.74 Å². The summed E-state index contributed by atoms with van der Waals surface area (Å²) in [7, 11) is 0. The van der Waals surface area contributed by atoms with E-state index in [1.165, 1.54) is 10.5 Å². The second-order valence-corrected chi connectivity index (χ2v) is 7.22. The molecule has 5 aromatic rings. The van der Waals surface area contributed by atoms with Crippen molar-refractivity contribution in [3.05, 3.63) is 78.6 Å². The molecule has 4 heterocycles. The van der Waals surface area contributed by atoms with Crippen molar-refractivity contribution >= 4 is 16.6 Å². The maximum atomic E-state index is 14.1. The van der Waals surface area contributed by atoms with E-state index in [9.17, 15) is 13.2 Å². The summed E-state index contributed by atoms with van der Waals surface area (Å²) in [6.45, 7) is 2.32. The Morgan fingerprint density at radius 3 is 2.66 bits per heavy atom. The summed E-state index contributed by atoms with van der Waals surface area (Å²) in [5.74, 6) is 0.322. The van der Waals surface area contributed by atoms with Crippen LogP contribution in [0.5, 0.6) is 0 Å². The van der Waals surface area contributed by atoms with Gasteiger partial charge < -0.3 is 9.30 Å². The van der Waals surface area contributed by atoms with Gasteiger partial charge >= 0.3 is 6.18 Å². The van der Waals surface area contributed by atoms with Crippen LogP contribution in [-0.4, -0.2) is 30.8 Å². The van der Waals surface area contributed by atoms with Gasteiger partial charge in [0.05, 0.1) is 17.4 Å². The van der Waals surface area contributed by atoms with Crippen LogP contribution in [0.4, 0.5) is 13.2 Å². The van der Waals surface area contributed by atoms with Gasteiger partial charge in [-0.15, -0.1) is 10.2 Å². The standard InChI is InChI=1S/C23H18F3N5O/c1-2-32-14-20-28-29-22-21(23(24,25)26)18(8-11-31(20)22)15-5-6-19-16(12-15)7-10-30(19)17-4-3-9-27-13-17/h3-13H,2,14H2,1H3. The topological polar surface area (TPSA) is 57.2 Å². The molecule has 0 spiro atoms. The third kappa shape index (κ3) is 3.40. The van der Waals surface area contributed by atoms with Crippen LogP contribution in [0.15, 0.2) is 67.3 Å². The van der Waals surface area contributed by atoms with Crippen LogP contribution in [0.3, 0.4) is 0 Å². The van der Waals surface area contributed by atoms with Crippen LogP contribution in [-0.2, 0) is 17.5 Å². The van der Waals surface area contributed by atoms with Gasteiger partial charge in [-0.3, -0.25) is 9.38 Å². The van der Waals surface area contributed by atoms with Crippen LogP contribution < -0.4 is 0 Å². The highest BCUT2D eigenvalue weighted by Gasteiger charge is 2.38. The number of hydrogen-bond donors (Lipinski definition) is 0. The first-order valence-corrected chi connectivity index (χ1v) is 10.0. The minimum atomic E-state index is -4.61. The molecule has 0 atom stereocenters. The van der Waals surface area contributed by atoms with Crippen molar-refractivity contribution in [2.45, 2.75) is 19.7 Å². The molecule has 0 bridgehead atoms. The molecule has 162 valence electrons. The Kier molecular flexibility index (Phi) is 4.90. The molecular formula is C23H18F3N5O. The Bertz CT molecular complexity index is 1410. The number of ether oxygens (including phenoxy) is 1. The van der Waals surface area contributed by atoms with Gasteiger partial charge in [0, 0.05) is 30.6 Å². The molecule has 6 nitrogen and oxygen atoms in total. The average Bonchev–Trinajstić information content (AvgIpc) is 3.40. The lowest BCUT2D eigenvalue weighted by Crippen LogP contribution is -2.11. The number of hydrogen-bond acceptors (Lipinski definition) is 4. The smallest absolute Gasteiger partial charge is 0.374 e. The first kappa shape index (κ1) is 20.2. The van der Waals surface area contributed by atoms with Gasteiger partial charge in [0.1, 0.15) is 12.2 Å². The number of fused-ring (bicyclic) bond motifs is 2. The molecule has 0 aliphatic heterocycles. The minimum Gasteiger partial charge on any atom is -0.374 e. The fourth-order valence-electron chi connectivity index (χ4n) is 3.85. The molecule has 0 N–H and O–H groups in total. The van der Waals surface area contributed by atoms with E-state index in [2.05, 4.69) is 15.2 Å². The van der Waals surface area contributed by atoms with Crippen LogP contribution in [0.2, 0.25) is 0 Å². The van der Waals surface area contributed by atoms with E-state index >= 15 is 0 Å². The quantitative estimate of drug-likeness (QED) is 0.375. The summed E-state index contributed by atoms with van der Waals surface area (Å²) in [4.78, 5) is 4.13. The Hall–Kier alpha value is -3.72. The third-order valence-electron chi connectivity index (χ3n) is 5.29. The lowest BCUT2D eigenvalue weighted by atomic mass is 9.99. The highest BCUT2D eigenvalue weighted by Crippen LogP contribution is 2.40. The van der Waals surface area contributed by atoms with Crippen molar-refractivity contribution in [2.24, 2.45) is 0 Å². The van der Waals surface area contributed by atoms with Gasteiger partial charge in [0.2, 0.25) is 0 Å². The lowest BCUT2D eigenvalue weighted by Gasteiger charge is -2.15. The zero-order chi connectivity index (χ0) is 22.3. The number of nitrogens with zero attached hydrogens (tertiary/aromatic N) is 5. The summed E-state index contributed by atoms with van der Waals surface area (Å²) < 4.78 is 51.0. The highest BCUT2D eigenvalue weighted by molar-refractivity contribution is 5.88. The number of pyridine rings is 2. The maximum absolute atomic E-state index is 14.1. The van der Waals surface area contributed by atoms with Crippen molar-refractivity contribution in [1.82, 2.24) is 24.1 Å². The molecule has 9 heteroatoms. The van der Waals surface area contributed by atoms with E-state index in [1.807, 2.05) is 35.0 Å². The number of halogens is 3. The fraction of sp³-hybridized carbons (Fsp3) is 0.174. The van der Waals surface area contributed by atoms with Crippen LogP contribution in [0.25, 0.3) is 33.4 Å². The molecule has 0 unspecified atom stereocenters. The highest BCUT2D eigenvalue weighted by atomic mass is 19.4. The van der Waals surface area contributed by atoms with E-state index in [1.54, 1.807) is 37.6 Å². The third-order valence-corrected chi connectivity index (χ3v) is 5.29. The Balaban J connectivity index is 1.65. The zero-order valence-electron chi connectivity index (χ0n) is 17.0. The van der Waals surface area contributed by atoms with Gasteiger partial charge in [0.15, 0.2) is 11.5 Å². The predicted octanol–water partition coefficient (Wildman–Crippen LogP) is 5.29. The summed E-state index contributed by atoms with van der Waals surface area (Å²) in [5, 5.41) is 8.56. The molecule has 0 fully saturated rings. The summed E-state index contributed by atoms with van der Waals surface area (Å²) in [6.07, 6.45) is 2.24. The van der Waals surface area contributed by atoms with Crippen LogP contribution >= 0.6 is 0 Å². The predicted molar refractivity (Wildman–Crippen MR) is 113 cm³/mol. The van der Waals surface area contributed by atoms with Gasteiger partial charge in [0.25, 0.3) is 0 Å². The molecule has 32 heavy (non-hydrogen) atoms. The normalized spacial score (nSPS) is 12.1. The van der Waals surface area contributed by atoms with Crippen molar-refractivity contribution in [3.63, 3.8) is 0 Å². The fourth-order valence-corrected chi connectivity index (χ4v) is 3.85. The maximum Gasteiger partial charge on any atom is 0.420 e. The van der Waals surface area contributed by atoms with Crippen molar-refractivity contribution < 1.29 is 17.9 Å². The van der Waals surface area contributed by atoms with Gasteiger partial charge in [-0.1, -0.05) is 6.07 Å². The molecule has 1 aromatic carbocycles. The molecule has 4 aromatic heterocycles. The Labute approximate surface area is 180 Å². The molecule has 0 aliphatic rings. The second kappa shape index (κ2) is 7.76. The molecule has 0 saturated heterocycles. The van der Waals surface area contributed by atoms with E-state index in [0.29, 0.717) is 18.0 Å². The summed E-state index contributed by atoms with van der Waals surface area (Å²) in [5.41, 5.74) is 1.19. The molecule has 0 radical (unpaired) electrons. The van der Waals surface area contributed by atoms with Gasteiger partial charge in [-0.05, 0) is 54.4 Å². The number of rotatable bonds is 5. The van der Waals surface area contributed by atoms with E-state index in [0.717, 1.165) is 16.6 Å². The Morgan fingerprint density at radius 2 is 1.91 bits per heavy atom. The molecular weight excluding hydrogens is 419 g/mol. The number of aromatic nitrogens is 5. The Morgan fingerprint density at radius 1 is 1.03 bits per heavy atom. The van der Waals surface area contributed by atoms with Crippen molar-refractivity contribution in [1.29, 1.82) is 0 Å². The van der Waals surface area contributed by atoms with E-state index < -0.39 is 11.7 Å². The largest absolute Gasteiger partial charge is 0.420 e. The van der Waals surface area contributed by atoms with Crippen LogP contribution in [0, 0.1) is 0 Å². The zero-order valence-corrected chi connectivity index (χ0v) is 17.0. The monoisotopic (exact) mass is 437 g/mol. The lowest BCUT2D eigenvalue weighted by molar-refractivity contribution is -0.136. The van der Waals surface area contributed by atoms with Gasteiger partial charge in [-0.25, -0.2) is 0 Å². The minimum absolute atomic E-state index is 0.0522. The second-order valence-electron chi connectivity index (χ2n) is 7.22. The van der Waals surface area contributed by atoms with Crippen molar-refractivity contribution in [3.8, 4) is 16.8 Å². The molecule has 0 aliphatic carbocycles. The molecule has 5 rings (SSSR count). The first-order chi connectivity index (χ1) is 15.5. The average molecular weight is 437 g/mol. The summed E-state index contributed by atoms with van der Waals surface area (Å²) >= 11 is 0. The number of alkyl halides is 3. The first-order valence-electron chi connectivity index (χ1n) is 10.0. The number of benzene rings is 1. The van der Waals surface area contributed by atoms with Crippen LogP contribution in [0.1, 0.15) is 18.3 Å². The SMILES string of the molecule is CCOCc1nnc2c(C(F)(F)F)c(-c3ccc4c(ccn4-c4cccnc4)c3)ccn12. The molecule has 0 saturated carbocycles.